The maximum absolute atomic E-state index is 14.1. The zero-order valence-corrected chi connectivity index (χ0v) is 27.0. The fourth-order valence-electron chi connectivity index (χ4n) is 6.00. The van der Waals surface area contributed by atoms with Crippen molar-refractivity contribution in [1.82, 2.24) is 23.3 Å². The van der Waals surface area contributed by atoms with Gasteiger partial charge in [-0.25, -0.2) is 14.2 Å². The highest BCUT2D eigenvalue weighted by atomic mass is 35.5. The number of nitrogens with one attached hydrogen (secondary N) is 1. The molecule has 14 heteroatoms. The monoisotopic (exact) mass is 641 g/mol. The van der Waals surface area contributed by atoms with Crippen LogP contribution in [0, 0.1) is 5.92 Å². The Morgan fingerprint density at radius 1 is 1.18 bits per heavy atom. The molecule has 2 atom stereocenters. The summed E-state index contributed by atoms with van der Waals surface area (Å²) in [7, 11) is 1.54. The maximum atomic E-state index is 14.1. The number of imidazole rings is 1. The molecule has 0 spiro atoms. The number of ether oxygens (including phenoxy) is 2. The molecule has 0 bridgehead atoms. The van der Waals surface area contributed by atoms with Gasteiger partial charge in [-0.2, -0.15) is 4.98 Å². The van der Waals surface area contributed by atoms with Crippen molar-refractivity contribution in [2.75, 3.05) is 18.5 Å². The number of carbonyl (C=O) groups is 2. The van der Waals surface area contributed by atoms with Crippen molar-refractivity contribution >= 4 is 51.7 Å². The third kappa shape index (κ3) is 6.36. The van der Waals surface area contributed by atoms with E-state index in [-0.39, 0.29) is 48.7 Å². The summed E-state index contributed by atoms with van der Waals surface area (Å²) in [5.41, 5.74) is 5.22. The van der Waals surface area contributed by atoms with Gasteiger partial charge < -0.3 is 25.1 Å². The number of hydrogen-bond acceptors (Lipinski definition) is 9. The molecule has 13 nitrogen and oxygen atoms in total. The smallest absolute Gasteiger partial charge is 0.419 e. The highest BCUT2D eigenvalue weighted by Crippen LogP contribution is 2.30. The van der Waals surface area contributed by atoms with Crippen LogP contribution >= 0.6 is 11.6 Å². The number of nitrogens with zero attached hydrogens (tertiary/aromatic N) is 5. The van der Waals surface area contributed by atoms with Crippen LogP contribution in [0.25, 0.3) is 22.1 Å². The average Bonchev–Trinajstić information content (AvgIpc) is 3.53. The standard InChI is InChI=1S/C31H40ClN7O6/c1-6-44-27(41)18-9-7-10-19(15-18)34-28-35-25-24(37(28)14-13-33)26(40)38(29(42)36(25)5)17-20-16-21-22(32)11-8-12-23(21)39(20)30(43)45-31(2,3)4/h8,11-12,16,18-19H,6-7,9-10,13-15,17,33H2,1-5H3,(H,34,35). The first kappa shape index (κ1) is 32.3. The summed E-state index contributed by atoms with van der Waals surface area (Å²) in [4.78, 5) is 58.3. The van der Waals surface area contributed by atoms with Gasteiger partial charge in [0.25, 0.3) is 5.56 Å². The summed E-state index contributed by atoms with van der Waals surface area (Å²) in [5.74, 6) is -0.0466. The van der Waals surface area contributed by atoms with E-state index in [1.54, 1.807) is 63.6 Å². The summed E-state index contributed by atoms with van der Waals surface area (Å²) in [6.45, 7) is 7.62. The van der Waals surface area contributed by atoms with E-state index in [4.69, 9.17) is 26.8 Å². The van der Waals surface area contributed by atoms with Crippen LogP contribution in [0.4, 0.5) is 10.7 Å². The first-order chi connectivity index (χ1) is 21.3. The van der Waals surface area contributed by atoms with E-state index in [9.17, 15) is 19.2 Å². The zero-order valence-electron chi connectivity index (χ0n) is 26.3. The Labute approximate surface area is 264 Å². The Bertz CT molecular complexity index is 1880. The van der Waals surface area contributed by atoms with Gasteiger partial charge in [-0.15, -0.1) is 0 Å². The van der Waals surface area contributed by atoms with Crippen LogP contribution in [0.3, 0.4) is 0 Å². The SMILES string of the molecule is CCOC(=O)C1CCCC(Nc2nc3c(c(=O)n(Cc4cc5c(Cl)cccc5n4C(=O)OC(C)(C)C)c(=O)n3C)n2CCN)C1. The van der Waals surface area contributed by atoms with Crippen LogP contribution in [0.2, 0.25) is 5.02 Å². The quantitative estimate of drug-likeness (QED) is 0.273. The Balaban J connectivity index is 1.59. The third-order valence-electron chi connectivity index (χ3n) is 7.98. The van der Waals surface area contributed by atoms with Crippen LogP contribution < -0.4 is 22.3 Å². The van der Waals surface area contributed by atoms with E-state index in [1.807, 2.05) is 0 Å². The molecular weight excluding hydrogens is 602 g/mol. The number of anilines is 1. The number of nitrogens with two attached hydrogens (primary N) is 1. The topological polar surface area (TPSA) is 157 Å². The lowest BCUT2D eigenvalue weighted by Gasteiger charge is -2.28. The van der Waals surface area contributed by atoms with Crippen LogP contribution in [0.15, 0.2) is 33.9 Å². The van der Waals surface area contributed by atoms with E-state index in [1.165, 1.54) is 9.13 Å². The highest BCUT2D eigenvalue weighted by molar-refractivity contribution is 6.35. The summed E-state index contributed by atoms with van der Waals surface area (Å²) in [6, 6.07) is 6.74. The number of rotatable bonds is 8. The van der Waals surface area contributed by atoms with Gasteiger partial charge in [-0.3, -0.25) is 18.7 Å². The van der Waals surface area contributed by atoms with E-state index in [0.717, 1.165) is 23.8 Å². The third-order valence-corrected chi connectivity index (χ3v) is 8.31. The van der Waals surface area contributed by atoms with Gasteiger partial charge in [-0.1, -0.05) is 24.1 Å². The second-order valence-corrected chi connectivity index (χ2v) is 12.8. The van der Waals surface area contributed by atoms with Crippen molar-refractivity contribution in [3.05, 3.63) is 55.8 Å². The molecule has 1 fully saturated rings. The lowest BCUT2D eigenvalue weighted by Crippen LogP contribution is -2.40. The van der Waals surface area contributed by atoms with Crippen LogP contribution in [-0.2, 0) is 34.4 Å². The predicted octanol–water partition coefficient (Wildman–Crippen LogP) is 3.83. The second kappa shape index (κ2) is 12.7. The number of benzene rings is 1. The van der Waals surface area contributed by atoms with Gasteiger partial charge in [0.15, 0.2) is 11.2 Å². The minimum atomic E-state index is -0.789. The number of halogens is 1. The van der Waals surface area contributed by atoms with E-state index < -0.39 is 22.9 Å². The first-order valence-corrected chi connectivity index (χ1v) is 15.6. The normalized spacial score (nSPS) is 17.1. The summed E-state index contributed by atoms with van der Waals surface area (Å²) in [6.07, 6.45) is 2.29. The molecule has 1 saturated carbocycles. The van der Waals surface area contributed by atoms with Crippen molar-refractivity contribution in [1.29, 1.82) is 0 Å². The molecule has 5 rings (SSSR count). The van der Waals surface area contributed by atoms with Crippen molar-refractivity contribution in [3.63, 3.8) is 0 Å². The molecule has 242 valence electrons. The first-order valence-electron chi connectivity index (χ1n) is 15.2. The van der Waals surface area contributed by atoms with Gasteiger partial charge in [0.05, 0.1) is 30.3 Å². The largest absolute Gasteiger partial charge is 0.466 e. The summed E-state index contributed by atoms with van der Waals surface area (Å²) < 4.78 is 16.3. The minimum absolute atomic E-state index is 0.0879. The van der Waals surface area contributed by atoms with Crippen LogP contribution in [-0.4, -0.2) is 60.1 Å². The van der Waals surface area contributed by atoms with E-state index >= 15 is 0 Å². The van der Waals surface area contributed by atoms with Crippen molar-refractivity contribution in [2.24, 2.45) is 18.7 Å². The number of esters is 1. The van der Waals surface area contributed by atoms with Gasteiger partial charge in [0, 0.05) is 36.6 Å². The number of carbonyl (C=O) groups excluding carboxylic acids is 2. The molecule has 0 aliphatic heterocycles. The molecule has 0 radical (unpaired) electrons. The lowest BCUT2D eigenvalue weighted by atomic mass is 9.86. The number of hydrogen-bond donors (Lipinski definition) is 2. The lowest BCUT2D eigenvalue weighted by molar-refractivity contribution is -0.149. The van der Waals surface area contributed by atoms with Crippen molar-refractivity contribution in [2.45, 2.75) is 78.1 Å². The molecule has 3 aromatic heterocycles. The number of aryl methyl sites for hydroxylation is 1. The second-order valence-electron chi connectivity index (χ2n) is 12.4. The molecule has 45 heavy (non-hydrogen) atoms. The molecular formula is C31H40ClN7O6. The van der Waals surface area contributed by atoms with Gasteiger partial charge >= 0.3 is 17.8 Å². The molecule has 0 saturated heterocycles. The van der Waals surface area contributed by atoms with E-state index in [2.05, 4.69) is 10.3 Å². The van der Waals surface area contributed by atoms with Crippen LogP contribution in [0.5, 0.6) is 0 Å². The molecule has 4 aromatic rings. The van der Waals surface area contributed by atoms with Gasteiger partial charge in [0.2, 0.25) is 5.95 Å². The molecule has 1 aliphatic carbocycles. The minimum Gasteiger partial charge on any atom is -0.466 e. The zero-order chi connectivity index (χ0) is 32.6. The predicted molar refractivity (Wildman–Crippen MR) is 172 cm³/mol. The Morgan fingerprint density at radius 2 is 1.93 bits per heavy atom. The van der Waals surface area contributed by atoms with Gasteiger partial charge in [0.1, 0.15) is 5.60 Å². The van der Waals surface area contributed by atoms with Crippen molar-refractivity contribution in [3.8, 4) is 0 Å². The van der Waals surface area contributed by atoms with E-state index in [0.29, 0.717) is 40.6 Å². The Hall–Kier alpha value is -4.10. The molecule has 1 aliphatic rings. The molecule has 2 unspecified atom stereocenters. The molecule has 3 heterocycles. The maximum Gasteiger partial charge on any atom is 0.419 e. The van der Waals surface area contributed by atoms with Gasteiger partial charge in [-0.05, 0) is 65.2 Å². The fraction of sp³-hybridized carbons (Fsp3) is 0.516. The fourth-order valence-corrected chi connectivity index (χ4v) is 6.22. The number of fused-ring (bicyclic) bond motifs is 2. The summed E-state index contributed by atoms with van der Waals surface area (Å²) in [5, 5.41) is 4.40. The molecule has 3 N–H and O–H groups in total. The summed E-state index contributed by atoms with van der Waals surface area (Å²) >= 11 is 6.47. The number of aromatic nitrogens is 5. The Morgan fingerprint density at radius 3 is 2.62 bits per heavy atom. The average molecular weight is 642 g/mol. The Kier molecular flexibility index (Phi) is 9.13. The molecule has 0 amide bonds. The van der Waals surface area contributed by atoms with Crippen molar-refractivity contribution < 1.29 is 19.1 Å². The molecule has 1 aromatic carbocycles. The highest BCUT2D eigenvalue weighted by Gasteiger charge is 2.30. The van der Waals surface area contributed by atoms with Crippen LogP contribution in [0.1, 0.15) is 59.1 Å².